The minimum absolute atomic E-state index is 0.151. The van der Waals surface area contributed by atoms with Crippen LogP contribution in [0.2, 0.25) is 0 Å². The van der Waals surface area contributed by atoms with Crippen LogP contribution in [0, 0.1) is 0 Å². The minimum Gasteiger partial charge on any atom is -0.508 e. The smallest absolute Gasteiger partial charge is 0.343 e. The van der Waals surface area contributed by atoms with E-state index in [0.717, 1.165) is 43.8 Å². The lowest BCUT2D eigenvalue weighted by molar-refractivity contribution is 0.0720. The summed E-state index contributed by atoms with van der Waals surface area (Å²) in [6.07, 6.45) is 0. The van der Waals surface area contributed by atoms with Crippen molar-refractivity contribution in [1.82, 2.24) is 0 Å². The van der Waals surface area contributed by atoms with Crippen LogP contribution in [-0.2, 0) is 0 Å². The number of esters is 4. The average Bonchev–Trinajstić information content (AvgIpc) is 3.32. The molecule has 0 radical (unpaired) electrons. The number of aromatic hydroxyl groups is 1. The molecule has 0 amide bonds. The van der Waals surface area contributed by atoms with E-state index in [1.54, 1.807) is 146 Å². The molecular weight excluding hydrogens is 807 g/mol. The first-order chi connectivity index (χ1) is 31.1. The summed E-state index contributed by atoms with van der Waals surface area (Å²) in [5.41, 5.74) is 11.1. The predicted molar refractivity (Wildman–Crippen MR) is 244 cm³/mol. The maximum atomic E-state index is 13.1. The monoisotopic (exact) mass is 841 g/mol. The van der Waals surface area contributed by atoms with Crippen LogP contribution in [0.15, 0.2) is 194 Å². The van der Waals surface area contributed by atoms with E-state index in [1.165, 1.54) is 6.07 Å². The van der Waals surface area contributed by atoms with Crippen molar-refractivity contribution in [1.29, 1.82) is 0 Å². The normalized spacial score (nSPS) is 10.9. The average molecular weight is 842 g/mol. The van der Waals surface area contributed by atoms with Gasteiger partial charge in [-0.15, -0.1) is 0 Å². The lowest BCUT2D eigenvalue weighted by Crippen LogP contribution is -2.12. The lowest BCUT2D eigenvalue weighted by Gasteiger charge is -2.09. The molecule has 310 valence electrons. The number of phenols is 1. The number of hydrogen-bond acceptors (Lipinski definition) is 10. The van der Waals surface area contributed by atoms with Crippen molar-refractivity contribution < 1.29 is 43.2 Å². The Bertz CT molecular complexity index is 3020. The van der Waals surface area contributed by atoms with Crippen molar-refractivity contribution in [3.8, 4) is 51.0 Å². The molecule has 0 saturated carbocycles. The van der Waals surface area contributed by atoms with Gasteiger partial charge in [0.25, 0.3) is 0 Å². The highest BCUT2D eigenvalue weighted by Gasteiger charge is 2.16. The number of nitrogen functional groups attached to an aromatic ring is 1. The molecule has 0 aliphatic carbocycles. The van der Waals surface area contributed by atoms with E-state index in [-0.39, 0.29) is 16.9 Å². The number of anilines is 1. The largest absolute Gasteiger partial charge is 0.508 e. The van der Waals surface area contributed by atoms with Gasteiger partial charge in [-0.05, 0) is 159 Å². The van der Waals surface area contributed by atoms with E-state index in [9.17, 15) is 24.3 Å². The van der Waals surface area contributed by atoms with Gasteiger partial charge in [0.1, 0.15) is 28.7 Å². The van der Waals surface area contributed by atoms with Crippen LogP contribution >= 0.6 is 0 Å². The highest BCUT2D eigenvalue weighted by Crippen LogP contribution is 2.29. The van der Waals surface area contributed by atoms with Gasteiger partial charge >= 0.3 is 23.9 Å². The second kappa shape index (κ2) is 17.5. The molecular formula is C54H35NO9. The summed E-state index contributed by atoms with van der Waals surface area (Å²) in [4.78, 5) is 51.9. The molecule has 9 aromatic rings. The standard InChI is InChI=1S/C54H35NO9/c55-45-18-8-37-28-43(6-4-39(37)31-45)53(59)63-49-24-14-35(15-25-49)33-10-20-47(21-11-33)61-51(57)41-2-1-3-42(30-41)52(58)62-48-22-12-34(13-23-48)36-16-26-50(27-17-36)64-54(60)44-7-5-40-32-46(56)19-9-38(40)29-44/h1-32,56H,55H2. The molecule has 64 heavy (non-hydrogen) atoms. The number of ether oxygens (including phenoxy) is 4. The zero-order chi connectivity index (χ0) is 44.2. The van der Waals surface area contributed by atoms with Gasteiger partial charge in [-0.1, -0.05) is 78.9 Å². The van der Waals surface area contributed by atoms with Gasteiger partial charge < -0.3 is 29.8 Å². The van der Waals surface area contributed by atoms with Crippen LogP contribution in [0.25, 0.3) is 43.8 Å². The Balaban J connectivity index is 0.766. The second-order valence-electron chi connectivity index (χ2n) is 14.8. The predicted octanol–water partition coefficient (Wildman–Crippen LogP) is 11.5. The number of carbonyl (C=O) groups excluding carboxylic acids is 4. The zero-order valence-electron chi connectivity index (χ0n) is 33.8. The van der Waals surface area contributed by atoms with Gasteiger partial charge in [0, 0.05) is 5.69 Å². The molecule has 10 nitrogen and oxygen atoms in total. The molecule has 10 heteroatoms. The molecule has 0 aromatic heterocycles. The van der Waals surface area contributed by atoms with Gasteiger partial charge in [0.05, 0.1) is 22.3 Å². The highest BCUT2D eigenvalue weighted by atomic mass is 16.5. The molecule has 3 N–H and O–H groups in total. The number of benzene rings is 9. The Labute approximate surface area is 366 Å². The van der Waals surface area contributed by atoms with Crippen molar-refractivity contribution in [2.24, 2.45) is 0 Å². The summed E-state index contributed by atoms with van der Waals surface area (Å²) in [6, 6.07) is 54.9. The number of carbonyl (C=O) groups is 4. The first-order valence-corrected chi connectivity index (χ1v) is 20.0. The molecule has 0 aliphatic heterocycles. The quantitative estimate of drug-likeness (QED) is 0.0773. The zero-order valence-corrected chi connectivity index (χ0v) is 33.8. The summed E-state index contributed by atoms with van der Waals surface area (Å²) >= 11 is 0. The summed E-state index contributed by atoms with van der Waals surface area (Å²) in [6.45, 7) is 0. The molecule has 9 rings (SSSR count). The molecule has 0 fully saturated rings. The highest BCUT2D eigenvalue weighted by molar-refractivity contribution is 5.99. The number of rotatable bonds is 10. The number of phenolic OH excluding ortho intramolecular Hbond substituents is 1. The fourth-order valence-corrected chi connectivity index (χ4v) is 7.05. The number of fused-ring (bicyclic) bond motifs is 2. The number of hydrogen-bond donors (Lipinski definition) is 2. The molecule has 0 spiro atoms. The molecule has 0 bridgehead atoms. The first kappa shape index (κ1) is 40.4. The Morgan fingerprint density at radius 1 is 0.328 bits per heavy atom. The van der Waals surface area contributed by atoms with Crippen molar-refractivity contribution in [2.45, 2.75) is 0 Å². The van der Waals surface area contributed by atoms with E-state index in [1.807, 2.05) is 42.5 Å². The molecule has 0 aliphatic rings. The van der Waals surface area contributed by atoms with E-state index in [2.05, 4.69) is 0 Å². The number of nitrogens with two attached hydrogens (primary N) is 1. The Morgan fingerprint density at radius 2 is 0.641 bits per heavy atom. The summed E-state index contributed by atoms with van der Waals surface area (Å²) in [5, 5.41) is 13.1. The minimum atomic E-state index is -0.650. The van der Waals surface area contributed by atoms with Crippen LogP contribution in [0.1, 0.15) is 41.4 Å². The van der Waals surface area contributed by atoms with E-state index in [0.29, 0.717) is 39.8 Å². The fraction of sp³-hybridized carbons (Fsp3) is 0. The van der Waals surface area contributed by atoms with Crippen molar-refractivity contribution in [3.63, 3.8) is 0 Å². The van der Waals surface area contributed by atoms with Crippen molar-refractivity contribution >= 4 is 51.1 Å². The molecule has 0 unspecified atom stereocenters. The van der Waals surface area contributed by atoms with Crippen LogP contribution in [-0.4, -0.2) is 29.0 Å². The Morgan fingerprint density at radius 3 is 1.03 bits per heavy atom. The van der Waals surface area contributed by atoms with E-state index in [4.69, 9.17) is 24.7 Å². The third kappa shape index (κ3) is 9.16. The van der Waals surface area contributed by atoms with Crippen LogP contribution in [0.3, 0.4) is 0 Å². The SMILES string of the molecule is Nc1ccc2cc(C(=O)Oc3ccc(-c4ccc(OC(=O)c5cccc(C(=O)Oc6ccc(-c7ccc(OC(=O)c8ccc9cc(O)ccc9c8)cc7)cc6)c5)cc4)cc3)ccc2c1. The van der Waals surface area contributed by atoms with Gasteiger partial charge in [0.2, 0.25) is 0 Å². The summed E-state index contributed by atoms with van der Waals surface area (Å²) < 4.78 is 22.4. The first-order valence-electron chi connectivity index (χ1n) is 20.0. The topological polar surface area (TPSA) is 151 Å². The van der Waals surface area contributed by atoms with Crippen molar-refractivity contribution in [2.75, 3.05) is 5.73 Å². The lowest BCUT2D eigenvalue weighted by atomic mass is 10.1. The molecule has 9 aromatic carbocycles. The maximum Gasteiger partial charge on any atom is 0.343 e. The van der Waals surface area contributed by atoms with Gasteiger partial charge in [-0.25, -0.2) is 19.2 Å². The molecule has 0 heterocycles. The van der Waals surface area contributed by atoms with Gasteiger partial charge in [-0.3, -0.25) is 0 Å². The van der Waals surface area contributed by atoms with E-state index < -0.39 is 23.9 Å². The Hall–Kier alpha value is -9.02. The van der Waals surface area contributed by atoms with Crippen LogP contribution in [0.4, 0.5) is 5.69 Å². The molecule has 0 saturated heterocycles. The van der Waals surface area contributed by atoms with Gasteiger partial charge in [0.15, 0.2) is 0 Å². The third-order valence-electron chi connectivity index (χ3n) is 10.4. The van der Waals surface area contributed by atoms with Crippen LogP contribution in [0.5, 0.6) is 28.7 Å². The summed E-state index contributed by atoms with van der Waals surface area (Å²) in [5.74, 6) is -0.739. The second-order valence-corrected chi connectivity index (χ2v) is 14.8. The molecule has 0 atom stereocenters. The van der Waals surface area contributed by atoms with Crippen LogP contribution < -0.4 is 24.7 Å². The Kier molecular flexibility index (Phi) is 11.1. The third-order valence-corrected chi connectivity index (χ3v) is 10.4. The summed E-state index contributed by atoms with van der Waals surface area (Å²) in [7, 11) is 0. The van der Waals surface area contributed by atoms with Crippen molar-refractivity contribution in [3.05, 3.63) is 216 Å². The van der Waals surface area contributed by atoms with Gasteiger partial charge in [-0.2, -0.15) is 0 Å². The fourth-order valence-electron chi connectivity index (χ4n) is 7.05. The maximum absolute atomic E-state index is 13.1. The van der Waals surface area contributed by atoms with E-state index >= 15 is 0 Å².